The highest BCUT2D eigenvalue weighted by Crippen LogP contribution is 2.33. The molecule has 1 aromatic heterocycles. The molecule has 2 fully saturated rings. The van der Waals surface area contributed by atoms with E-state index in [4.69, 9.17) is 14.2 Å². The van der Waals surface area contributed by atoms with Gasteiger partial charge in [0.2, 0.25) is 0 Å². The number of thiazole rings is 1. The van der Waals surface area contributed by atoms with Gasteiger partial charge < -0.3 is 18.8 Å². The van der Waals surface area contributed by atoms with E-state index in [0.717, 1.165) is 42.9 Å². The minimum Gasteiger partial charge on any atom is -0.490 e. The van der Waals surface area contributed by atoms with E-state index < -0.39 is 17.6 Å². The molecule has 2 saturated heterocycles. The lowest BCUT2D eigenvalue weighted by Crippen LogP contribution is -2.44. The second-order valence-electron chi connectivity index (χ2n) is 12.1. The fourth-order valence-corrected chi connectivity index (χ4v) is 6.20. The first-order valence-electron chi connectivity index (χ1n) is 14.6. The third-order valence-corrected chi connectivity index (χ3v) is 8.96. The zero-order chi connectivity index (χ0) is 30.6. The molecule has 0 saturated carbocycles. The van der Waals surface area contributed by atoms with Gasteiger partial charge in [0.25, 0.3) is 5.91 Å². The number of hydrogen-bond acceptors (Lipinski definition) is 6. The van der Waals surface area contributed by atoms with Crippen LogP contribution in [0.1, 0.15) is 60.0 Å². The SMILES string of the molecule is CC(C)(C)c1cn(C[C@@H]2CCCO2)c(=NC(=O)c2cc(C(F)(F)F)ccc2OCC2CN(Cc3ccccc3)CCO2)s1. The summed E-state index contributed by atoms with van der Waals surface area (Å²) in [5, 5.41) is 0. The Balaban J connectivity index is 1.38. The molecule has 3 aromatic rings. The number of carbonyl (C=O) groups excluding carboxylic acids is 1. The van der Waals surface area contributed by atoms with Crippen molar-refractivity contribution in [2.75, 3.05) is 32.9 Å². The first kappa shape index (κ1) is 31.4. The van der Waals surface area contributed by atoms with E-state index in [9.17, 15) is 18.0 Å². The Bertz CT molecular complexity index is 1460. The summed E-state index contributed by atoms with van der Waals surface area (Å²) in [5.41, 5.74) is -0.184. The number of benzene rings is 2. The van der Waals surface area contributed by atoms with Gasteiger partial charge in [-0.05, 0) is 42.0 Å². The Morgan fingerprint density at radius 3 is 2.53 bits per heavy atom. The number of alkyl halides is 3. The van der Waals surface area contributed by atoms with E-state index in [1.54, 1.807) is 0 Å². The van der Waals surface area contributed by atoms with Gasteiger partial charge in [-0.15, -0.1) is 11.3 Å². The predicted molar refractivity (Wildman–Crippen MR) is 158 cm³/mol. The van der Waals surface area contributed by atoms with Gasteiger partial charge >= 0.3 is 6.18 Å². The maximum Gasteiger partial charge on any atom is 0.416 e. The van der Waals surface area contributed by atoms with Crippen molar-refractivity contribution in [1.29, 1.82) is 0 Å². The van der Waals surface area contributed by atoms with Crippen LogP contribution in [0.4, 0.5) is 13.2 Å². The molecule has 2 atom stereocenters. The number of halogens is 3. The van der Waals surface area contributed by atoms with Gasteiger partial charge in [-0.3, -0.25) is 9.69 Å². The maximum absolute atomic E-state index is 13.7. The molecule has 0 spiro atoms. The highest BCUT2D eigenvalue weighted by Gasteiger charge is 2.32. The highest BCUT2D eigenvalue weighted by atomic mass is 32.1. The molecule has 232 valence electrons. The second kappa shape index (κ2) is 13.3. The van der Waals surface area contributed by atoms with E-state index in [1.807, 2.05) is 29.0 Å². The molecule has 3 heterocycles. The van der Waals surface area contributed by atoms with Gasteiger partial charge in [0.15, 0.2) is 4.80 Å². The Morgan fingerprint density at radius 1 is 1.07 bits per heavy atom. The van der Waals surface area contributed by atoms with Crippen molar-refractivity contribution in [2.45, 2.75) is 70.5 Å². The lowest BCUT2D eigenvalue weighted by Gasteiger charge is -2.33. The van der Waals surface area contributed by atoms with Gasteiger partial charge in [-0.2, -0.15) is 18.2 Å². The van der Waals surface area contributed by atoms with Crippen LogP contribution in [0.5, 0.6) is 5.75 Å². The number of amides is 1. The number of rotatable bonds is 8. The van der Waals surface area contributed by atoms with Crippen molar-refractivity contribution >= 4 is 17.2 Å². The average molecular weight is 618 g/mol. The molecule has 1 amide bonds. The van der Waals surface area contributed by atoms with Crippen LogP contribution in [0.2, 0.25) is 0 Å². The van der Waals surface area contributed by atoms with Crippen molar-refractivity contribution in [2.24, 2.45) is 4.99 Å². The first-order valence-corrected chi connectivity index (χ1v) is 15.4. The number of aromatic nitrogens is 1. The first-order chi connectivity index (χ1) is 20.5. The molecule has 2 aliphatic heterocycles. The van der Waals surface area contributed by atoms with Crippen LogP contribution < -0.4 is 9.54 Å². The van der Waals surface area contributed by atoms with Crippen molar-refractivity contribution in [3.8, 4) is 5.75 Å². The Morgan fingerprint density at radius 2 is 1.84 bits per heavy atom. The third kappa shape index (κ3) is 8.35. The van der Waals surface area contributed by atoms with E-state index in [1.165, 1.54) is 23.0 Å². The Kier molecular flexibility index (Phi) is 9.75. The highest BCUT2D eigenvalue weighted by molar-refractivity contribution is 7.09. The molecule has 0 bridgehead atoms. The van der Waals surface area contributed by atoms with Crippen molar-refractivity contribution in [3.05, 3.63) is 81.1 Å². The van der Waals surface area contributed by atoms with Crippen LogP contribution in [-0.4, -0.2) is 60.5 Å². The summed E-state index contributed by atoms with van der Waals surface area (Å²) in [4.78, 5) is 21.6. The Hall–Kier alpha value is -2.99. The molecule has 0 aliphatic carbocycles. The lowest BCUT2D eigenvalue weighted by molar-refractivity contribution is -0.137. The van der Waals surface area contributed by atoms with Crippen molar-refractivity contribution in [1.82, 2.24) is 9.47 Å². The number of ether oxygens (including phenoxy) is 3. The standard InChI is InChI=1S/C32H38F3N3O4S/c1-31(2,3)28-20-38(19-24-10-7-14-40-24)30(43-28)36-29(39)26-16-23(32(33,34)35)11-12-27(26)42-21-25-18-37(13-15-41-25)17-22-8-5-4-6-9-22/h4-6,8-9,11-12,16,20,24-25H,7,10,13-15,17-19,21H2,1-3H3/t24-,25?/m0/s1. The lowest BCUT2D eigenvalue weighted by atomic mass is 9.95. The van der Waals surface area contributed by atoms with Crippen LogP contribution in [-0.2, 0) is 34.2 Å². The number of morpholine rings is 1. The van der Waals surface area contributed by atoms with Gasteiger partial charge in [-0.1, -0.05) is 51.1 Å². The second-order valence-corrected chi connectivity index (χ2v) is 13.1. The summed E-state index contributed by atoms with van der Waals surface area (Å²) in [7, 11) is 0. The minimum absolute atomic E-state index is 0.000807. The van der Waals surface area contributed by atoms with Crippen LogP contribution in [0.15, 0.2) is 59.7 Å². The van der Waals surface area contributed by atoms with Crippen molar-refractivity contribution in [3.63, 3.8) is 0 Å². The zero-order valence-corrected chi connectivity index (χ0v) is 25.5. The molecule has 2 aromatic carbocycles. The van der Waals surface area contributed by atoms with Gasteiger partial charge in [0, 0.05) is 37.3 Å². The Labute approximate surface area is 253 Å². The number of hydrogen-bond donors (Lipinski definition) is 0. The summed E-state index contributed by atoms with van der Waals surface area (Å²) >= 11 is 1.36. The topological polar surface area (TPSA) is 65.3 Å². The molecular formula is C32H38F3N3O4S. The van der Waals surface area contributed by atoms with Gasteiger partial charge in [-0.25, -0.2) is 0 Å². The predicted octanol–water partition coefficient (Wildman–Crippen LogP) is 6.07. The molecule has 0 N–H and O–H groups in total. The molecular weight excluding hydrogens is 579 g/mol. The zero-order valence-electron chi connectivity index (χ0n) is 24.7. The fraction of sp³-hybridized carbons (Fsp3) is 0.500. The van der Waals surface area contributed by atoms with Crippen LogP contribution in [0.3, 0.4) is 0 Å². The fourth-order valence-electron chi connectivity index (χ4n) is 5.15. The summed E-state index contributed by atoms with van der Waals surface area (Å²) in [5.74, 6) is -0.747. The molecule has 43 heavy (non-hydrogen) atoms. The molecule has 2 aliphatic rings. The molecule has 0 radical (unpaired) electrons. The van der Waals surface area contributed by atoms with Gasteiger partial charge in [0.05, 0.1) is 30.4 Å². The molecule has 1 unspecified atom stereocenters. The number of carbonyl (C=O) groups is 1. The summed E-state index contributed by atoms with van der Waals surface area (Å²) in [6, 6.07) is 13.0. The quantitative estimate of drug-likeness (QED) is 0.307. The average Bonchev–Trinajstić information content (AvgIpc) is 3.62. The largest absolute Gasteiger partial charge is 0.490 e. The molecule has 7 nitrogen and oxygen atoms in total. The minimum atomic E-state index is -4.62. The smallest absolute Gasteiger partial charge is 0.416 e. The summed E-state index contributed by atoms with van der Waals surface area (Å²) < 4.78 is 60.6. The van der Waals surface area contributed by atoms with E-state index in [2.05, 4.69) is 42.8 Å². The number of nitrogens with zero attached hydrogens (tertiary/aromatic N) is 3. The molecule has 5 rings (SSSR count). The summed E-state index contributed by atoms with van der Waals surface area (Å²) in [6.07, 6.45) is -1.10. The van der Waals surface area contributed by atoms with Crippen LogP contribution in [0.25, 0.3) is 0 Å². The normalized spacial score (nSPS) is 20.5. The monoisotopic (exact) mass is 617 g/mol. The van der Waals surface area contributed by atoms with E-state index in [0.29, 0.717) is 31.1 Å². The van der Waals surface area contributed by atoms with E-state index in [-0.39, 0.29) is 35.5 Å². The third-order valence-electron chi connectivity index (χ3n) is 7.51. The van der Waals surface area contributed by atoms with Crippen LogP contribution in [0, 0.1) is 0 Å². The van der Waals surface area contributed by atoms with Crippen molar-refractivity contribution < 1.29 is 32.2 Å². The molecule has 11 heteroatoms. The van der Waals surface area contributed by atoms with Crippen LogP contribution >= 0.6 is 11.3 Å². The maximum atomic E-state index is 13.7. The van der Waals surface area contributed by atoms with E-state index >= 15 is 0 Å². The van der Waals surface area contributed by atoms with Gasteiger partial charge in [0.1, 0.15) is 18.5 Å². The summed E-state index contributed by atoms with van der Waals surface area (Å²) in [6.45, 7) is 10.1.